The maximum Gasteiger partial charge on any atom is 0.295 e. The van der Waals surface area contributed by atoms with Crippen molar-refractivity contribution in [1.82, 2.24) is 20.4 Å². The lowest BCUT2D eigenvalue weighted by Gasteiger charge is -2.46. The molecule has 0 radical (unpaired) electrons. The van der Waals surface area contributed by atoms with Crippen LogP contribution in [0.4, 0.5) is 19.0 Å². The fraction of sp³-hybridized carbons (Fsp3) is 0.696. The zero-order valence-electron chi connectivity index (χ0n) is 20.3. The number of hydrogen-bond acceptors (Lipinski definition) is 5. The van der Waals surface area contributed by atoms with Crippen LogP contribution in [-0.2, 0) is 26.2 Å². The molecule has 0 saturated heterocycles. The Kier molecular flexibility index (Phi) is 7.07. The highest BCUT2D eigenvalue weighted by molar-refractivity contribution is 6.44. The molecule has 2 fully saturated rings. The summed E-state index contributed by atoms with van der Waals surface area (Å²) in [4.78, 5) is 51.3. The molecule has 0 aromatic carbocycles. The van der Waals surface area contributed by atoms with E-state index in [1.165, 1.54) is 16.9 Å². The molecule has 3 rings (SSSR count). The SMILES string of the molecule is Cn1ccc(NC(=O)C(=O)C2(NC(=O)[C@H](CC3(F)CCCC3)NC(=O)C(C)(C)C)CC(F)(F)C2)n1. The summed E-state index contributed by atoms with van der Waals surface area (Å²) in [7, 11) is 1.58. The maximum absolute atomic E-state index is 15.3. The highest BCUT2D eigenvalue weighted by Gasteiger charge is 2.63. The van der Waals surface area contributed by atoms with Crippen molar-refractivity contribution in [2.75, 3.05) is 5.32 Å². The highest BCUT2D eigenvalue weighted by Crippen LogP contribution is 2.46. The average Bonchev–Trinajstić information content (AvgIpc) is 3.32. The lowest BCUT2D eigenvalue weighted by atomic mass is 9.70. The average molecular weight is 500 g/mol. The first kappa shape index (κ1) is 26.7. The Balaban J connectivity index is 1.80. The summed E-state index contributed by atoms with van der Waals surface area (Å²) in [5.41, 5.74) is -4.79. The van der Waals surface area contributed by atoms with Gasteiger partial charge in [0.2, 0.25) is 17.6 Å². The van der Waals surface area contributed by atoms with Crippen molar-refractivity contribution in [3.05, 3.63) is 12.3 Å². The van der Waals surface area contributed by atoms with E-state index in [0.717, 1.165) is 0 Å². The first-order chi connectivity index (χ1) is 16.0. The number of nitrogens with one attached hydrogen (secondary N) is 3. The maximum atomic E-state index is 15.3. The molecule has 1 aromatic heterocycles. The summed E-state index contributed by atoms with van der Waals surface area (Å²) >= 11 is 0. The molecule has 1 heterocycles. The topological polar surface area (TPSA) is 122 Å². The predicted octanol–water partition coefficient (Wildman–Crippen LogP) is 2.42. The zero-order valence-corrected chi connectivity index (χ0v) is 20.3. The molecule has 2 saturated carbocycles. The standard InChI is InChI=1S/C23H32F3N5O4/c1-20(2,3)19(35)27-14(11-21(24)8-5-6-9-21)17(33)29-22(12-23(25,26)13-22)16(32)18(34)28-15-7-10-31(4)30-15/h7,10,14H,5-6,8-9,11-13H2,1-4H3,(H,27,35)(H,29,33)(H,28,30,34)/t14-/m0/s1. The van der Waals surface area contributed by atoms with Gasteiger partial charge in [-0.05, 0) is 12.8 Å². The second-order valence-electron chi connectivity index (χ2n) is 10.8. The van der Waals surface area contributed by atoms with Gasteiger partial charge in [-0.2, -0.15) is 5.10 Å². The number of carbonyl (C=O) groups is 4. The number of ketones is 1. The number of carbonyl (C=O) groups excluding carboxylic acids is 4. The Bertz CT molecular complexity index is 1000. The Morgan fingerprint density at radius 2 is 1.71 bits per heavy atom. The number of halogens is 3. The third-order valence-corrected chi connectivity index (χ3v) is 6.45. The van der Waals surface area contributed by atoms with Crippen LogP contribution >= 0.6 is 0 Å². The van der Waals surface area contributed by atoms with Crippen molar-refractivity contribution in [2.24, 2.45) is 12.5 Å². The first-order valence-electron chi connectivity index (χ1n) is 11.6. The normalized spacial score (nSPS) is 20.9. The van der Waals surface area contributed by atoms with E-state index in [1.54, 1.807) is 27.8 Å². The van der Waals surface area contributed by atoms with Gasteiger partial charge in [-0.1, -0.05) is 33.6 Å². The molecule has 35 heavy (non-hydrogen) atoms. The number of aromatic nitrogens is 2. The Hall–Kier alpha value is -2.92. The molecule has 0 spiro atoms. The third-order valence-electron chi connectivity index (χ3n) is 6.45. The number of aryl methyl sites for hydroxylation is 1. The molecule has 2 aliphatic carbocycles. The van der Waals surface area contributed by atoms with Gasteiger partial charge in [-0.15, -0.1) is 0 Å². The van der Waals surface area contributed by atoms with Crippen molar-refractivity contribution in [1.29, 1.82) is 0 Å². The van der Waals surface area contributed by atoms with E-state index in [9.17, 15) is 28.0 Å². The monoisotopic (exact) mass is 499 g/mol. The van der Waals surface area contributed by atoms with E-state index in [-0.39, 0.29) is 25.1 Å². The quantitative estimate of drug-likeness (QED) is 0.474. The van der Waals surface area contributed by atoms with Crippen molar-refractivity contribution in [3.63, 3.8) is 0 Å². The van der Waals surface area contributed by atoms with Gasteiger partial charge >= 0.3 is 0 Å². The van der Waals surface area contributed by atoms with E-state index in [1.807, 2.05) is 0 Å². The second kappa shape index (κ2) is 9.27. The number of hydrogen-bond donors (Lipinski definition) is 3. The van der Waals surface area contributed by atoms with E-state index < -0.39 is 64.9 Å². The summed E-state index contributed by atoms with van der Waals surface area (Å²) in [6.07, 6.45) is 0.644. The predicted molar refractivity (Wildman–Crippen MR) is 120 cm³/mol. The van der Waals surface area contributed by atoms with Crippen LogP contribution in [-0.4, -0.2) is 56.5 Å². The summed E-state index contributed by atoms with van der Waals surface area (Å²) in [5, 5.41) is 10.9. The van der Waals surface area contributed by atoms with Crippen LogP contribution in [0.3, 0.4) is 0 Å². The molecule has 12 heteroatoms. The van der Waals surface area contributed by atoms with Crippen LogP contribution in [0.5, 0.6) is 0 Å². The van der Waals surface area contributed by atoms with Gasteiger partial charge in [-0.3, -0.25) is 23.9 Å². The van der Waals surface area contributed by atoms with Gasteiger partial charge in [0.25, 0.3) is 11.8 Å². The van der Waals surface area contributed by atoms with Crippen molar-refractivity contribution in [2.45, 2.75) is 88.9 Å². The minimum Gasteiger partial charge on any atom is -0.344 e. The highest BCUT2D eigenvalue weighted by atomic mass is 19.3. The number of nitrogens with zero attached hydrogens (tertiary/aromatic N) is 2. The lowest BCUT2D eigenvalue weighted by Crippen LogP contribution is -2.70. The fourth-order valence-corrected chi connectivity index (χ4v) is 4.49. The molecule has 0 aliphatic heterocycles. The first-order valence-corrected chi connectivity index (χ1v) is 11.6. The minimum atomic E-state index is -3.27. The lowest BCUT2D eigenvalue weighted by molar-refractivity contribution is -0.167. The molecule has 3 amide bonds. The van der Waals surface area contributed by atoms with E-state index in [4.69, 9.17) is 0 Å². The van der Waals surface area contributed by atoms with Crippen LogP contribution in [0.25, 0.3) is 0 Å². The van der Waals surface area contributed by atoms with Gasteiger partial charge in [0.05, 0.1) is 0 Å². The molecule has 3 N–H and O–H groups in total. The summed E-state index contributed by atoms with van der Waals surface area (Å²) in [6.45, 7) is 4.83. The Labute approximate surface area is 201 Å². The van der Waals surface area contributed by atoms with Crippen LogP contribution < -0.4 is 16.0 Å². The van der Waals surface area contributed by atoms with Crippen molar-refractivity contribution >= 4 is 29.3 Å². The molecule has 1 aromatic rings. The van der Waals surface area contributed by atoms with Crippen LogP contribution in [0.15, 0.2) is 12.3 Å². The molecular weight excluding hydrogens is 467 g/mol. The smallest absolute Gasteiger partial charge is 0.295 e. The molecule has 1 atom stereocenters. The van der Waals surface area contributed by atoms with Gasteiger partial charge in [0, 0.05) is 44.0 Å². The van der Waals surface area contributed by atoms with Gasteiger partial charge in [0.1, 0.15) is 17.2 Å². The van der Waals surface area contributed by atoms with E-state index >= 15 is 4.39 Å². The van der Waals surface area contributed by atoms with Gasteiger partial charge in [-0.25, -0.2) is 13.2 Å². The van der Waals surface area contributed by atoms with E-state index in [0.29, 0.717) is 12.8 Å². The molecule has 9 nitrogen and oxygen atoms in total. The molecular formula is C23H32F3N5O4. The Morgan fingerprint density at radius 1 is 1.11 bits per heavy atom. The zero-order chi connectivity index (χ0) is 26.2. The van der Waals surface area contributed by atoms with Gasteiger partial charge in [0.15, 0.2) is 5.82 Å². The summed E-state index contributed by atoms with van der Waals surface area (Å²) in [6, 6.07) is 0.00850. The van der Waals surface area contributed by atoms with Crippen LogP contribution in [0.2, 0.25) is 0 Å². The number of Topliss-reactive ketones (excluding diaryl/α,β-unsaturated/α-hetero) is 1. The van der Waals surface area contributed by atoms with Crippen LogP contribution in [0, 0.1) is 5.41 Å². The molecule has 2 aliphatic rings. The fourth-order valence-electron chi connectivity index (χ4n) is 4.49. The number of rotatable bonds is 8. The molecule has 0 bridgehead atoms. The van der Waals surface area contributed by atoms with E-state index in [2.05, 4.69) is 21.0 Å². The minimum absolute atomic E-state index is 0.0364. The molecule has 194 valence electrons. The molecule has 0 unspecified atom stereocenters. The number of amides is 3. The van der Waals surface area contributed by atoms with Crippen molar-refractivity contribution in [3.8, 4) is 0 Å². The summed E-state index contributed by atoms with van der Waals surface area (Å²) < 4.78 is 44.5. The second-order valence-corrected chi connectivity index (χ2v) is 10.8. The summed E-state index contributed by atoms with van der Waals surface area (Å²) in [5.74, 6) is -7.24. The third kappa shape index (κ3) is 6.21. The van der Waals surface area contributed by atoms with Crippen molar-refractivity contribution < 1.29 is 32.3 Å². The Morgan fingerprint density at radius 3 is 2.20 bits per heavy atom. The number of alkyl halides is 3. The number of anilines is 1. The van der Waals surface area contributed by atoms with Gasteiger partial charge < -0.3 is 16.0 Å². The van der Waals surface area contributed by atoms with Crippen LogP contribution in [0.1, 0.15) is 65.7 Å². The largest absolute Gasteiger partial charge is 0.344 e.